The number of hydrogen-bond donors (Lipinski definition) is 0. The molecule has 0 saturated heterocycles. The molecule has 0 bridgehead atoms. The molecule has 1 nitrogen and oxygen atoms in total. The Kier molecular flexibility index (Phi) is 5.75. The Bertz CT molecular complexity index is 653. The van der Waals surface area contributed by atoms with Crippen molar-refractivity contribution in [3.05, 3.63) is 56.5 Å². The van der Waals surface area contributed by atoms with Crippen LogP contribution >= 0.6 is 43.5 Å². The van der Waals surface area contributed by atoms with Gasteiger partial charge >= 0.3 is 0 Å². The minimum absolute atomic E-state index is 0.361. The highest BCUT2D eigenvalue weighted by atomic mass is 79.9. The predicted molar refractivity (Wildman–Crippen MR) is 97.1 cm³/mol. The zero-order valence-corrected chi connectivity index (χ0v) is 16.1. The number of aryl methyl sites for hydroxylation is 1. The van der Waals surface area contributed by atoms with Crippen molar-refractivity contribution in [1.82, 2.24) is 0 Å². The lowest BCUT2D eigenvalue weighted by atomic mass is 10.0. The van der Waals surface area contributed by atoms with Crippen molar-refractivity contribution >= 4 is 43.5 Å². The summed E-state index contributed by atoms with van der Waals surface area (Å²) in [4.78, 5) is 0. The monoisotopic (exact) mass is 430 g/mol. The largest absolute Gasteiger partial charge is 0.456 e. The van der Waals surface area contributed by atoms with Crippen molar-refractivity contribution in [2.24, 2.45) is 0 Å². The second kappa shape index (κ2) is 7.17. The van der Waals surface area contributed by atoms with Crippen LogP contribution in [0.2, 0.25) is 5.02 Å². The molecule has 0 aliphatic rings. The standard InChI is InChI=1S/C17H17Br2ClO/c1-10(2)13-8-17(11(3)6-15(13)20)21-16-5-4-12(9-18)7-14(16)19/h4-8,10H,9H2,1-3H3. The molecule has 4 heteroatoms. The first kappa shape index (κ1) is 16.9. The SMILES string of the molecule is Cc1cc(Cl)c(C(C)C)cc1Oc1ccc(CBr)cc1Br. The van der Waals surface area contributed by atoms with E-state index in [-0.39, 0.29) is 0 Å². The van der Waals surface area contributed by atoms with E-state index in [2.05, 4.69) is 51.8 Å². The van der Waals surface area contributed by atoms with Crippen LogP contribution in [0.25, 0.3) is 0 Å². The van der Waals surface area contributed by atoms with Crippen molar-refractivity contribution < 1.29 is 4.74 Å². The van der Waals surface area contributed by atoms with E-state index in [4.69, 9.17) is 16.3 Å². The van der Waals surface area contributed by atoms with Gasteiger partial charge in [-0.15, -0.1) is 0 Å². The molecule has 21 heavy (non-hydrogen) atoms. The second-order valence-corrected chi connectivity index (χ2v) is 7.12. The zero-order valence-electron chi connectivity index (χ0n) is 12.2. The van der Waals surface area contributed by atoms with Gasteiger partial charge in [0.15, 0.2) is 0 Å². The molecule has 0 N–H and O–H groups in total. The van der Waals surface area contributed by atoms with E-state index in [1.807, 2.05) is 31.2 Å². The fraction of sp³-hybridized carbons (Fsp3) is 0.294. The van der Waals surface area contributed by atoms with E-state index in [0.717, 1.165) is 37.5 Å². The van der Waals surface area contributed by atoms with Gasteiger partial charge in [-0.2, -0.15) is 0 Å². The first-order valence-electron chi connectivity index (χ1n) is 6.74. The van der Waals surface area contributed by atoms with Crippen molar-refractivity contribution in [2.75, 3.05) is 0 Å². The fourth-order valence-electron chi connectivity index (χ4n) is 2.05. The third-order valence-corrected chi connectivity index (χ3v) is 4.88. The quantitative estimate of drug-likeness (QED) is 0.463. The van der Waals surface area contributed by atoms with Gasteiger partial charge in [0, 0.05) is 10.4 Å². The Morgan fingerprint density at radius 1 is 1.14 bits per heavy atom. The van der Waals surface area contributed by atoms with Crippen LogP contribution in [0.3, 0.4) is 0 Å². The summed E-state index contributed by atoms with van der Waals surface area (Å²) in [7, 11) is 0. The molecule has 0 aromatic heterocycles. The van der Waals surface area contributed by atoms with Gasteiger partial charge in [-0.3, -0.25) is 0 Å². The summed E-state index contributed by atoms with van der Waals surface area (Å²) < 4.78 is 7.01. The fourth-order valence-corrected chi connectivity index (χ4v) is 3.34. The van der Waals surface area contributed by atoms with Crippen molar-refractivity contribution in [1.29, 1.82) is 0 Å². The second-order valence-electron chi connectivity index (χ2n) is 5.29. The van der Waals surface area contributed by atoms with Gasteiger partial charge in [-0.05, 0) is 69.7 Å². The molecular formula is C17H17Br2ClO. The molecule has 2 rings (SSSR count). The summed E-state index contributed by atoms with van der Waals surface area (Å²) in [5, 5.41) is 1.62. The molecule has 0 atom stereocenters. The van der Waals surface area contributed by atoms with E-state index < -0.39 is 0 Å². The molecule has 0 aliphatic carbocycles. The Balaban J connectivity index is 2.37. The predicted octanol–water partition coefficient (Wildman–Crippen LogP) is 7.22. The number of ether oxygens (including phenoxy) is 1. The lowest BCUT2D eigenvalue weighted by Gasteiger charge is -2.15. The molecule has 0 amide bonds. The maximum Gasteiger partial charge on any atom is 0.141 e. The Hall–Kier alpha value is -0.510. The summed E-state index contributed by atoms with van der Waals surface area (Å²) >= 11 is 13.3. The van der Waals surface area contributed by atoms with Crippen LogP contribution in [0.5, 0.6) is 11.5 Å². The van der Waals surface area contributed by atoms with Gasteiger partial charge < -0.3 is 4.74 Å². The maximum absolute atomic E-state index is 6.30. The molecular weight excluding hydrogens is 415 g/mol. The van der Waals surface area contributed by atoms with Gasteiger partial charge in [0.1, 0.15) is 11.5 Å². The van der Waals surface area contributed by atoms with Gasteiger partial charge in [-0.25, -0.2) is 0 Å². The van der Waals surface area contributed by atoms with Crippen LogP contribution in [-0.2, 0) is 5.33 Å². The number of alkyl halides is 1. The minimum atomic E-state index is 0.361. The molecule has 0 saturated carbocycles. The van der Waals surface area contributed by atoms with E-state index in [0.29, 0.717) is 5.92 Å². The maximum atomic E-state index is 6.30. The Morgan fingerprint density at radius 2 is 1.86 bits per heavy atom. The third kappa shape index (κ3) is 4.02. The third-order valence-electron chi connectivity index (χ3n) is 3.29. The van der Waals surface area contributed by atoms with Gasteiger partial charge in [0.2, 0.25) is 0 Å². The highest BCUT2D eigenvalue weighted by molar-refractivity contribution is 9.10. The van der Waals surface area contributed by atoms with Crippen molar-refractivity contribution in [2.45, 2.75) is 32.0 Å². The smallest absolute Gasteiger partial charge is 0.141 e. The van der Waals surface area contributed by atoms with Crippen LogP contribution < -0.4 is 4.74 Å². The molecule has 0 unspecified atom stereocenters. The molecule has 0 aliphatic heterocycles. The number of benzene rings is 2. The van der Waals surface area contributed by atoms with Crippen molar-refractivity contribution in [3.8, 4) is 11.5 Å². The normalized spacial score (nSPS) is 11.0. The Morgan fingerprint density at radius 3 is 2.43 bits per heavy atom. The van der Waals surface area contributed by atoms with Gasteiger partial charge in [0.05, 0.1) is 4.47 Å². The van der Waals surface area contributed by atoms with E-state index in [1.54, 1.807) is 0 Å². The molecule has 0 fully saturated rings. The highest BCUT2D eigenvalue weighted by Crippen LogP contribution is 2.36. The highest BCUT2D eigenvalue weighted by Gasteiger charge is 2.12. The molecule has 0 radical (unpaired) electrons. The van der Waals surface area contributed by atoms with Crippen LogP contribution in [-0.4, -0.2) is 0 Å². The van der Waals surface area contributed by atoms with Crippen LogP contribution in [0.1, 0.15) is 36.5 Å². The van der Waals surface area contributed by atoms with Crippen LogP contribution in [0, 0.1) is 6.92 Å². The van der Waals surface area contributed by atoms with Gasteiger partial charge in [0.25, 0.3) is 0 Å². The van der Waals surface area contributed by atoms with Gasteiger partial charge in [-0.1, -0.05) is 47.4 Å². The summed E-state index contributed by atoms with van der Waals surface area (Å²) in [6.07, 6.45) is 0. The molecule has 0 heterocycles. The van der Waals surface area contributed by atoms with E-state index >= 15 is 0 Å². The first-order valence-corrected chi connectivity index (χ1v) is 9.04. The lowest BCUT2D eigenvalue weighted by molar-refractivity contribution is 0.474. The molecule has 0 spiro atoms. The minimum Gasteiger partial charge on any atom is -0.456 e. The zero-order chi connectivity index (χ0) is 15.6. The number of rotatable bonds is 4. The molecule has 112 valence electrons. The number of hydrogen-bond acceptors (Lipinski definition) is 1. The van der Waals surface area contributed by atoms with Crippen molar-refractivity contribution in [3.63, 3.8) is 0 Å². The van der Waals surface area contributed by atoms with E-state index in [9.17, 15) is 0 Å². The number of halogens is 3. The molecule has 2 aromatic carbocycles. The topological polar surface area (TPSA) is 9.23 Å². The summed E-state index contributed by atoms with van der Waals surface area (Å²) in [5.74, 6) is 2.01. The first-order chi connectivity index (χ1) is 9.92. The lowest BCUT2D eigenvalue weighted by Crippen LogP contribution is -1.95. The summed E-state index contributed by atoms with van der Waals surface area (Å²) in [6.45, 7) is 6.26. The van der Waals surface area contributed by atoms with Crippen LogP contribution in [0.4, 0.5) is 0 Å². The summed E-state index contributed by atoms with van der Waals surface area (Å²) in [5.41, 5.74) is 3.33. The average Bonchev–Trinajstić information content (AvgIpc) is 2.43. The average molecular weight is 433 g/mol. The van der Waals surface area contributed by atoms with E-state index in [1.165, 1.54) is 5.56 Å². The molecule has 2 aromatic rings. The van der Waals surface area contributed by atoms with Crippen LogP contribution in [0.15, 0.2) is 34.8 Å². The Labute approximate surface area is 147 Å². The summed E-state index contributed by atoms with van der Waals surface area (Å²) in [6, 6.07) is 10.1.